The van der Waals surface area contributed by atoms with Crippen molar-refractivity contribution in [1.29, 1.82) is 0 Å². The van der Waals surface area contributed by atoms with Crippen molar-refractivity contribution in [1.82, 2.24) is 5.32 Å². The molecular weight excluding hydrogens is 184 g/mol. The third-order valence-corrected chi connectivity index (χ3v) is 3.77. The Bertz CT molecular complexity index is 188. The molecule has 0 aromatic heterocycles. The lowest BCUT2D eigenvalue weighted by atomic mass is 10.1. The lowest BCUT2D eigenvalue weighted by molar-refractivity contribution is 0.0734. The van der Waals surface area contributed by atoms with Gasteiger partial charge in [0.2, 0.25) is 0 Å². The molecule has 0 atom stereocenters. The second-order valence-electron chi connectivity index (χ2n) is 3.50. The summed E-state index contributed by atoms with van der Waals surface area (Å²) in [6.45, 7) is 0. The van der Waals surface area contributed by atoms with Gasteiger partial charge in [-0.1, -0.05) is 24.6 Å². The zero-order valence-corrected chi connectivity index (χ0v) is 9.15. The van der Waals surface area contributed by atoms with Crippen molar-refractivity contribution in [2.45, 2.75) is 31.3 Å². The molecule has 0 amide bonds. The molecular formula is C9H18N2OS. The van der Waals surface area contributed by atoms with Crippen molar-refractivity contribution in [3.05, 3.63) is 0 Å². The molecule has 4 heteroatoms. The Morgan fingerprint density at radius 3 is 2.62 bits per heavy atom. The zero-order chi connectivity index (χ0) is 9.73. The number of nitrogens with zero attached hydrogens (tertiary/aromatic N) is 1. The van der Waals surface area contributed by atoms with E-state index in [0.717, 1.165) is 36.6 Å². The normalized spacial score (nSPS) is 21.9. The minimum atomic E-state index is -0.433. The van der Waals surface area contributed by atoms with Crippen LogP contribution in [0.2, 0.25) is 0 Å². The molecule has 0 aromatic rings. The molecule has 0 radical (unpaired) electrons. The maximum absolute atomic E-state index is 10.0. The van der Waals surface area contributed by atoms with Gasteiger partial charge in [0.05, 0.1) is 5.60 Å². The highest BCUT2D eigenvalue weighted by atomic mass is 32.2. The van der Waals surface area contributed by atoms with Crippen LogP contribution in [0.3, 0.4) is 0 Å². The lowest BCUT2D eigenvalue weighted by Crippen LogP contribution is -2.29. The van der Waals surface area contributed by atoms with Crippen LogP contribution in [-0.2, 0) is 0 Å². The van der Waals surface area contributed by atoms with E-state index in [1.807, 2.05) is 7.05 Å². The highest BCUT2D eigenvalue weighted by Gasteiger charge is 2.31. The summed E-state index contributed by atoms with van der Waals surface area (Å²) in [5.74, 6) is 0.764. The molecule has 1 fully saturated rings. The van der Waals surface area contributed by atoms with E-state index in [9.17, 15) is 5.11 Å². The molecule has 1 rings (SSSR count). The number of aliphatic hydroxyl groups is 1. The summed E-state index contributed by atoms with van der Waals surface area (Å²) >= 11 is 1.61. The summed E-state index contributed by atoms with van der Waals surface area (Å²) < 4.78 is 0. The van der Waals surface area contributed by atoms with Gasteiger partial charge in [-0.05, 0) is 12.8 Å². The van der Waals surface area contributed by atoms with Gasteiger partial charge in [-0.25, -0.2) is 0 Å². The maximum Gasteiger partial charge on any atom is 0.156 e. The van der Waals surface area contributed by atoms with Crippen LogP contribution in [0.15, 0.2) is 4.99 Å². The average molecular weight is 202 g/mol. The quantitative estimate of drug-likeness (QED) is 0.523. The molecule has 76 valence electrons. The van der Waals surface area contributed by atoms with Gasteiger partial charge in [-0.15, -0.1) is 0 Å². The van der Waals surface area contributed by atoms with Crippen LogP contribution in [0.25, 0.3) is 0 Å². The van der Waals surface area contributed by atoms with E-state index in [1.165, 1.54) is 0 Å². The molecule has 1 aliphatic carbocycles. The zero-order valence-electron chi connectivity index (χ0n) is 8.34. The van der Waals surface area contributed by atoms with Crippen molar-refractivity contribution >= 4 is 16.9 Å². The van der Waals surface area contributed by atoms with Crippen LogP contribution < -0.4 is 5.32 Å². The standard InChI is InChI=1S/C9H18N2OS/c1-10-8(11-2)13-7-9(12)5-3-4-6-9/h12H,3-7H2,1-2H3,(H,10,11). The monoisotopic (exact) mass is 202 g/mol. The first-order valence-corrected chi connectivity index (χ1v) is 5.68. The molecule has 0 spiro atoms. The largest absolute Gasteiger partial charge is 0.389 e. The molecule has 13 heavy (non-hydrogen) atoms. The van der Waals surface area contributed by atoms with Gasteiger partial charge >= 0.3 is 0 Å². The summed E-state index contributed by atoms with van der Waals surface area (Å²) in [5, 5.41) is 13.9. The molecule has 0 saturated heterocycles. The Hall–Kier alpha value is -0.220. The Kier molecular flexibility index (Phi) is 4.06. The van der Waals surface area contributed by atoms with E-state index in [0.29, 0.717) is 0 Å². The summed E-state index contributed by atoms with van der Waals surface area (Å²) in [4.78, 5) is 4.06. The van der Waals surface area contributed by atoms with Crippen molar-refractivity contribution in [3.8, 4) is 0 Å². The number of hydrogen-bond donors (Lipinski definition) is 2. The predicted molar refractivity (Wildman–Crippen MR) is 58.3 cm³/mol. The minimum Gasteiger partial charge on any atom is -0.389 e. The van der Waals surface area contributed by atoms with Gasteiger partial charge in [-0.2, -0.15) is 0 Å². The molecule has 1 aliphatic rings. The summed E-state index contributed by atoms with van der Waals surface area (Å²) in [6.07, 6.45) is 4.21. The van der Waals surface area contributed by atoms with Gasteiger partial charge in [0, 0.05) is 19.8 Å². The first-order valence-electron chi connectivity index (χ1n) is 4.70. The first kappa shape index (κ1) is 10.9. The van der Waals surface area contributed by atoms with Gasteiger partial charge in [0.1, 0.15) is 0 Å². The SMILES string of the molecule is CN=C(NC)SCC1(O)CCCC1. The maximum atomic E-state index is 10.0. The van der Waals surface area contributed by atoms with Crippen molar-refractivity contribution in [2.24, 2.45) is 4.99 Å². The number of hydrogen-bond acceptors (Lipinski definition) is 3. The lowest BCUT2D eigenvalue weighted by Gasteiger charge is -2.21. The molecule has 0 aromatic carbocycles. The summed E-state index contributed by atoms with van der Waals surface area (Å²) in [7, 11) is 3.62. The van der Waals surface area contributed by atoms with E-state index < -0.39 is 5.60 Å². The Morgan fingerprint density at radius 1 is 1.54 bits per heavy atom. The summed E-state index contributed by atoms with van der Waals surface area (Å²) in [5.41, 5.74) is -0.433. The third-order valence-electron chi connectivity index (χ3n) is 2.43. The number of rotatable bonds is 2. The predicted octanol–water partition coefficient (Wildman–Crippen LogP) is 1.23. The topological polar surface area (TPSA) is 44.6 Å². The van der Waals surface area contributed by atoms with Gasteiger partial charge < -0.3 is 10.4 Å². The van der Waals surface area contributed by atoms with E-state index >= 15 is 0 Å². The van der Waals surface area contributed by atoms with Crippen molar-refractivity contribution in [2.75, 3.05) is 19.8 Å². The van der Waals surface area contributed by atoms with E-state index in [4.69, 9.17) is 0 Å². The summed E-state index contributed by atoms with van der Waals surface area (Å²) in [6, 6.07) is 0. The van der Waals surface area contributed by atoms with E-state index in [-0.39, 0.29) is 0 Å². The van der Waals surface area contributed by atoms with Crippen LogP contribution in [0, 0.1) is 0 Å². The fourth-order valence-electron chi connectivity index (χ4n) is 1.63. The van der Waals surface area contributed by atoms with Crippen LogP contribution >= 0.6 is 11.8 Å². The molecule has 3 nitrogen and oxygen atoms in total. The molecule has 1 saturated carbocycles. The van der Waals surface area contributed by atoms with Gasteiger partial charge in [-0.3, -0.25) is 4.99 Å². The van der Waals surface area contributed by atoms with Crippen LogP contribution in [0.4, 0.5) is 0 Å². The molecule has 0 aliphatic heterocycles. The second kappa shape index (κ2) is 4.86. The Balaban J connectivity index is 2.32. The van der Waals surface area contributed by atoms with Crippen molar-refractivity contribution in [3.63, 3.8) is 0 Å². The second-order valence-corrected chi connectivity index (χ2v) is 4.46. The molecule has 2 N–H and O–H groups in total. The van der Waals surface area contributed by atoms with Crippen LogP contribution in [0.5, 0.6) is 0 Å². The average Bonchev–Trinajstić information content (AvgIpc) is 2.55. The smallest absolute Gasteiger partial charge is 0.156 e. The number of nitrogens with one attached hydrogen (secondary N) is 1. The Labute approximate surface area is 84.0 Å². The number of thioether (sulfide) groups is 1. The fourth-order valence-corrected chi connectivity index (χ4v) is 2.60. The highest BCUT2D eigenvalue weighted by molar-refractivity contribution is 8.13. The number of aliphatic imine (C=N–C) groups is 1. The van der Waals surface area contributed by atoms with E-state index in [2.05, 4.69) is 10.3 Å². The third kappa shape index (κ3) is 3.19. The molecule has 0 bridgehead atoms. The van der Waals surface area contributed by atoms with Gasteiger partial charge in [0.25, 0.3) is 0 Å². The first-order chi connectivity index (χ1) is 6.20. The minimum absolute atomic E-state index is 0.433. The fraction of sp³-hybridized carbons (Fsp3) is 0.889. The Morgan fingerprint density at radius 2 is 2.15 bits per heavy atom. The van der Waals surface area contributed by atoms with Crippen LogP contribution in [0.1, 0.15) is 25.7 Å². The van der Waals surface area contributed by atoms with E-state index in [1.54, 1.807) is 18.8 Å². The number of amidine groups is 1. The van der Waals surface area contributed by atoms with Crippen molar-refractivity contribution < 1.29 is 5.11 Å². The van der Waals surface area contributed by atoms with Crippen LogP contribution in [-0.4, -0.2) is 35.7 Å². The highest BCUT2D eigenvalue weighted by Crippen LogP contribution is 2.32. The molecule has 0 heterocycles. The van der Waals surface area contributed by atoms with Gasteiger partial charge in [0.15, 0.2) is 5.17 Å². The molecule has 0 unspecified atom stereocenters.